The summed E-state index contributed by atoms with van der Waals surface area (Å²) in [4.78, 5) is 23.2. The molecule has 0 bridgehead atoms. The average Bonchev–Trinajstić information content (AvgIpc) is 2.26. The number of carbonyl (C=O) groups excluding carboxylic acids is 1. The standard InChI is InChI=1S/C13H17NO3S/c1-13(2,3)12(17)14-9-6-4-5-7-10(9)18-8-11(15)16/h4-7H,8H2,1-3H3,(H,14,17)(H,15,16). The third kappa shape index (κ3) is 4.41. The molecule has 1 aromatic rings. The molecule has 1 aromatic carbocycles. The first-order valence-electron chi connectivity index (χ1n) is 5.56. The minimum absolute atomic E-state index is 0.0254. The molecule has 1 rings (SSSR count). The van der Waals surface area contributed by atoms with Crippen LogP contribution in [0.1, 0.15) is 20.8 Å². The lowest BCUT2D eigenvalue weighted by atomic mass is 9.95. The lowest BCUT2D eigenvalue weighted by Gasteiger charge is -2.19. The van der Waals surface area contributed by atoms with E-state index in [2.05, 4.69) is 5.32 Å². The summed E-state index contributed by atoms with van der Waals surface area (Å²) < 4.78 is 0. The molecule has 0 aromatic heterocycles. The van der Waals surface area contributed by atoms with Crippen molar-refractivity contribution >= 4 is 29.3 Å². The van der Waals surface area contributed by atoms with Crippen LogP contribution in [0.25, 0.3) is 0 Å². The number of aliphatic carboxylic acids is 1. The molecule has 0 fully saturated rings. The van der Waals surface area contributed by atoms with Gasteiger partial charge in [0.1, 0.15) is 0 Å². The largest absolute Gasteiger partial charge is 0.481 e. The quantitative estimate of drug-likeness (QED) is 0.823. The Hall–Kier alpha value is -1.49. The second-order valence-corrected chi connectivity index (χ2v) is 5.90. The molecular weight excluding hydrogens is 250 g/mol. The monoisotopic (exact) mass is 267 g/mol. The summed E-state index contributed by atoms with van der Waals surface area (Å²) in [5.74, 6) is -0.995. The van der Waals surface area contributed by atoms with Gasteiger partial charge in [-0.25, -0.2) is 0 Å². The molecule has 0 saturated carbocycles. The number of carboxylic acids is 1. The van der Waals surface area contributed by atoms with E-state index in [1.165, 1.54) is 11.8 Å². The van der Waals surface area contributed by atoms with Crippen molar-refractivity contribution < 1.29 is 14.7 Å². The summed E-state index contributed by atoms with van der Waals surface area (Å²) in [5, 5.41) is 11.5. The maximum absolute atomic E-state index is 11.9. The summed E-state index contributed by atoms with van der Waals surface area (Å²) in [7, 11) is 0. The van der Waals surface area contributed by atoms with E-state index >= 15 is 0 Å². The molecule has 1 amide bonds. The molecule has 0 spiro atoms. The SMILES string of the molecule is CC(C)(C)C(=O)Nc1ccccc1SCC(=O)O. The number of amides is 1. The van der Waals surface area contributed by atoms with Crippen LogP contribution < -0.4 is 5.32 Å². The van der Waals surface area contributed by atoms with E-state index in [1.807, 2.05) is 32.9 Å². The van der Waals surface area contributed by atoms with Crippen molar-refractivity contribution in [2.45, 2.75) is 25.7 Å². The Morgan fingerprint density at radius 3 is 2.44 bits per heavy atom. The lowest BCUT2D eigenvalue weighted by molar-refractivity contribution is -0.133. The predicted octanol–water partition coefficient (Wildman–Crippen LogP) is 2.85. The highest BCUT2D eigenvalue weighted by Crippen LogP contribution is 2.28. The number of para-hydroxylation sites is 1. The first-order chi connectivity index (χ1) is 8.30. The first-order valence-corrected chi connectivity index (χ1v) is 6.54. The van der Waals surface area contributed by atoms with Crippen LogP contribution in [0, 0.1) is 5.41 Å². The van der Waals surface area contributed by atoms with Crippen molar-refractivity contribution in [3.05, 3.63) is 24.3 Å². The van der Waals surface area contributed by atoms with Gasteiger partial charge in [0, 0.05) is 10.3 Å². The van der Waals surface area contributed by atoms with E-state index < -0.39 is 11.4 Å². The van der Waals surface area contributed by atoms with Crippen LogP contribution in [0.3, 0.4) is 0 Å². The van der Waals surface area contributed by atoms with E-state index in [0.29, 0.717) is 5.69 Å². The van der Waals surface area contributed by atoms with Crippen LogP contribution in [0.15, 0.2) is 29.2 Å². The molecule has 18 heavy (non-hydrogen) atoms. The maximum Gasteiger partial charge on any atom is 0.313 e. The Morgan fingerprint density at radius 2 is 1.89 bits per heavy atom. The van der Waals surface area contributed by atoms with Gasteiger partial charge in [0.15, 0.2) is 0 Å². The number of anilines is 1. The summed E-state index contributed by atoms with van der Waals surface area (Å²) >= 11 is 1.19. The van der Waals surface area contributed by atoms with Crippen LogP contribution >= 0.6 is 11.8 Å². The van der Waals surface area contributed by atoms with E-state index in [-0.39, 0.29) is 11.7 Å². The first kappa shape index (κ1) is 14.6. The van der Waals surface area contributed by atoms with E-state index in [9.17, 15) is 9.59 Å². The van der Waals surface area contributed by atoms with Crippen molar-refractivity contribution in [2.75, 3.05) is 11.1 Å². The van der Waals surface area contributed by atoms with Crippen LogP contribution in [0.4, 0.5) is 5.69 Å². The Bertz CT molecular complexity index is 452. The summed E-state index contributed by atoms with van der Waals surface area (Å²) in [6.07, 6.45) is 0. The van der Waals surface area contributed by atoms with Gasteiger partial charge >= 0.3 is 5.97 Å². The van der Waals surface area contributed by atoms with Gasteiger partial charge in [0.25, 0.3) is 0 Å². The molecule has 98 valence electrons. The van der Waals surface area contributed by atoms with E-state index in [1.54, 1.807) is 12.1 Å². The molecule has 0 heterocycles. The Labute approximate surface area is 111 Å². The number of benzene rings is 1. The molecule has 0 aliphatic heterocycles. The molecule has 0 atom stereocenters. The van der Waals surface area contributed by atoms with Gasteiger partial charge in [-0.15, -0.1) is 11.8 Å². The lowest BCUT2D eigenvalue weighted by Crippen LogP contribution is -2.27. The van der Waals surface area contributed by atoms with Crippen molar-refractivity contribution in [1.82, 2.24) is 0 Å². The number of rotatable bonds is 4. The van der Waals surface area contributed by atoms with Crippen molar-refractivity contribution in [3.8, 4) is 0 Å². The number of hydrogen-bond donors (Lipinski definition) is 2. The zero-order chi connectivity index (χ0) is 13.8. The number of nitrogens with one attached hydrogen (secondary N) is 1. The normalized spacial score (nSPS) is 11.1. The molecule has 2 N–H and O–H groups in total. The Morgan fingerprint density at radius 1 is 1.28 bits per heavy atom. The van der Waals surface area contributed by atoms with Crippen LogP contribution in [-0.4, -0.2) is 22.7 Å². The van der Waals surface area contributed by atoms with Gasteiger partial charge in [-0.1, -0.05) is 32.9 Å². The fourth-order valence-corrected chi connectivity index (χ4v) is 1.87. The summed E-state index contributed by atoms with van der Waals surface area (Å²) in [6.45, 7) is 5.49. The van der Waals surface area contributed by atoms with E-state index in [0.717, 1.165) is 4.90 Å². The van der Waals surface area contributed by atoms with Crippen molar-refractivity contribution in [2.24, 2.45) is 5.41 Å². The second-order valence-electron chi connectivity index (χ2n) is 4.88. The minimum atomic E-state index is -0.878. The predicted molar refractivity (Wildman–Crippen MR) is 72.9 cm³/mol. The third-order valence-electron chi connectivity index (χ3n) is 2.17. The van der Waals surface area contributed by atoms with Gasteiger partial charge in [-0.05, 0) is 12.1 Å². The molecule has 5 heteroatoms. The summed E-state index contributed by atoms with van der Waals surface area (Å²) in [5.41, 5.74) is 0.175. The smallest absolute Gasteiger partial charge is 0.313 e. The van der Waals surface area contributed by atoms with Gasteiger partial charge in [0.05, 0.1) is 11.4 Å². The molecule has 4 nitrogen and oxygen atoms in total. The van der Waals surface area contributed by atoms with Crippen LogP contribution in [0.5, 0.6) is 0 Å². The van der Waals surface area contributed by atoms with Crippen molar-refractivity contribution in [3.63, 3.8) is 0 Å². The summed E-state index contributed by atoms with van der Waals surface area (Å²) in [6, 6.07) is 7.19. The number of hydrogen-bond acceptors (Lipinski definition) is 3. The zero-order valence-electron chi connectivity index (χ0n) is 10.7. The molecular formula is C13H17NO3S. The third-order valence-corrected chi connectivity index (χ3v) is 3.23. The molecule has 0 aliphatic carbocycles. The van der Waals surface area contributed by atoms with Crippen LogP contribution in [0.2, 0.25) is 0 Å². The number of thioether (sulfide) groups is 1. The van der Waals surface area contributed by atoms with Crippen LogP contribution in [-0.2, 0) is 9.59 Å². The molecule has 0 radical (unpaired) electrons. The average molecular weight is 267 g/mol. The highest BCUT2D eigenvalue weighted by atomic mass is 32.2. The number of carboxylic acid groups (broad SMARTS) is 1. The van der Waals surface area contributed by atoms with Crippen molar-refractivity contribution in [1.29, 1.82) is 0 Å². The van der Waals surface area contributed by atoms with Gasteiger partial charge in [-0.2, -0.15) is 0 Å². The topological polar surface area (TPSA) is 66.4 Å². The Balaban J connectivity index is 2.82. The van der Waals surface area contributed by atoms with E-state index in [4.69, 9.17) is 5.11 Å². The molecule has 0 saturated heterocycles. The maximum atomic E-state index is 11.9. The zero-order valence-corrected chi connectivity index (χ0v) is 11.5. The molecule has 0 aliphatic rings. The fraction of sp³-hybridized carbons (Fsp3) is 0.385. The van der Waals surface area contributed by atoms with Gasteiger partial charge < -0.3 is 10.4 Å². The minimum Gasteiger partial charge on any atom is -0.481 e. The highest BCUT2D eigenvalue weighted by Gasteiger charge is 2.22. The van der Waals surface area contributed by atoms with Gasteiger partial charge in [0.2, 0.25) is 5.91 Å². The number of carbonyl (C=O) groups is 2. The Kier molecular flexibility index (Phi) is 4.78. The van der Waals surface area contributed by atoms with Gasteiger partial charge in [-0.3, -0.25) is 9.59 Å². The second kappa shape index (κ2) is 5.91. The fourth-order valence-electron chi connectivity index (χ4n) is 1.15. The highest BCUT2D eigenvalue weighted by molar-refractivity contribution is 8.00. The molecule has 0 unspecified atom stereocenters.